The summed E-state index contributed by atoms with van der Waals surface area (Å²) in [6, 6.07) is 7.15. The van der Waals surface area contributed by atoms with E-state index in [4.69, 9.17) is 4.74 Å². The van der Waals surface area contributed by atoms with Crippen LogP contribution in [-0.2, 0) is 4.79 Å². The van der Waals surface area contributed by atoms with Crippen molar-refractivity contribution in [1.29, 1.82) is 0 Å². The normalized spacial score (nSPS) is 22.7. The Kier molecular flexibility index (Phi) is 4.13. The maximum atomic E-state index is 12.1. The molecule has 0 bridgehead atoms. The fourth-order valence-electron chi connectivity index (χ4n) is 2.63. The Hall–Kier alpha value is -1.64. The number of hydrogen-bond acceptors (Lipinski definition) is 3. The third-order valence-electron chi connectivity index (χ3n) is 3.75. The van der Waals surface area contributed by atoms with Gasteiger partial charge in [-0.3, -0.25) is 4.79 Å². The summed E-state index contributed by atoms with van der Waals surface area (Å²) < 4.78 is 5.06. The van der Waals surface area contributed by atoms with Crippen molar-refractivity contribution in [2.24, 2.45) is 11.8 Å². The van der Waals surface area contributed by atoms with E-state index >= 15 is 0 Å². The Bertz CT molecular complexity index is 422. The van der Waals surface area contributed by atoms with Crippen LogP contribution in [0.25, 0.3) is 0 Å². The second-order valence-corrected chi connectivity index (χ2v) is 4.85. The van der Waals surface area contributed by atoms with Gasteiger partial charge in [-0.05, 0) is 43.0 Å². The van der Waals surface area contributed by atoms with Crippen LogP contribution in [0.3, 0.4) is 0 Å². The molecule has 18 heavy (non-hydrogen) atoms. The van der Waals surface area contributed by atoms with Crippen LogP contribution < -0.4 is 4.74 Å². The van der Waals surface area contributed by atoms with Gasteiger partial charge < -0.3 is 9.53 Å². The zero-order valence-electron chi connectivity index (χ0n) is 10.6. The van der Waals surface area contributed by atoms with E-state index in [1.165, 1.54) is 0 Å². The van der Waals surface area contributed by atoms with E-state index in [0.29, 0.717) is 12.0 Å². The lowest BCUT2D eigenvalue weighted by molar-refractivity contribution is -0.111. The summed E-state index contributed by atoms with van der Waals surface area (Å²) in [5, 5.41) is 0. The van der Waals surface area contributed by atoms with Gasteiger partial charge in [-0.15, -0.1) is 0 Å². The number of carbonyl (C=O) groups excluding carboxylic acids is 2. The minimum Gasteiger partial charge on any atom is -0.497 e. The van der Waals surface area contributed by atoms with Gasteiger partial charge in [0.2, 0.25) is 0 Å². The van der Waals surface area contributed by atoms with Crippen LogP contribution in [0, 0.1) is 11.8 Å². The molecule has 3 nitrogen and oxygen atoms in total. The molecule has 0 spiro atoms. The molecule has 0 N–H and O–H groups in total. The lowest BCUT2D eigenvalue weighted by Gasteiger charge is -2.13. The number of hydrogen-bond donors (Lipinski definition) is 0. The first-order valence-electron chi connectivity index (χ1n) is 6.37. The molecule has 0 amide bonds. The maximum Gasteiger partial charge on any atom is 0.163 e. The topological polar surface area (TPSA) is 43.4 Å². The van der Waals surface area contributed by atoms with Crippen molar-refractivity contribution in [3.8, 4) is 5.75 Å². The van der Waals surface area contributed by atoms with Gasteiger partial charge >= 0.3 is 0 Å². The Balaban J connectivity index is 2.00. The minimum atomic E-state index is 0.0761. The van der Waals surface area contributed by atoms with Gasteiger partial charge in [-0.2, -0.15) is 0 Å². The molecule has 1 aliphatic rings. The Morgan fingerprint density at radius 2 is 2.06 bits per heavy atom. The van der Waals surface area contributed by atoms with Gasteiger partial charge in [0.15, 0.2) is 5.78 Å². The van der Waals surface area contributed by atoms with Crippen molar-refractivity contribution in [2.45, 2.75) is 25.7 Å². The molecule has 1 aromatic rings. The van der Waals surface area contributed by atoms with E-state index in [9.17, 15) is 9.59 Å². The highest BCUT2D eigenvalue weighted by Crippen LogP contribution is 2.33. The molecule has 1 fully saturated rings. The van der Waals surface area contributed by atoms with E-state index in [2.05, 4.69) is 0 Å². The smallest absolute Gasteiger partial charge is 0.163 e. The van der Waals surface area contributed by atoms with Crippen LogP contribution in [0.5, 0.6) is 5.75 Å². The van der Waals surface area contributed by atoms with E-state index in [-0.39, 0.29) is 17.6 Å². The second-order valence-electron chi connectivity index (χ2n) is 4.85. The van der Waals surface area contributed by atoms with Gasteiger partial charge in [0, 0.05) is 17.9 Å². The summed E-state index contributed by atoms with van der Waals surface area (Å²) in [7, 11) is 1.60. The van der Waals surface area contributed by atoms with E-state index < -0.39 is 0 Å². The molecule has 1 aliphatic carbocycles. The maximum absolute atomic E-state index is 12.1. The Morgan fingerprint density at radius 1 is 1.33 bits per heavy atom. The van der Waals surface area contributed by atoms with Crippen molar-refractivity contribution < 1.29 is 14.3 Å². The van der Waals surface area contributed by atoms with Crippen LogP contribution in [0.2, 0.25) is 0 Å². The SMILES string of the molecule is COc1ccc(C(=O)C[C@H]2CCC[C@H]2C=O)cc1. The molecule has 1 saturated carbocycles. The zero-order chi connectivity index (χ0) is 13.0. The standard InChI is InChI=1S/C15H18O3/c1-18-14-7-5-11(6-8-14)15(17)9-12-3-2-4-13(12)10-16/h5-8,10,12-13H,2-4,9H2,1H3/t12-,13+/m1/s1. The van der Waals surface area contributed by atoms with Gasteiger partial charge in [0.25, 0.3) is 0 Å². The molecule has 0 aliphatic heterocycles. The zero-order valence-corrected chi connectivity index (χ0v) is 10.6. The average molecular weight is 246 g/mol. The first kappa shape index (κ1) is 12.8. The summed E-state index contributed by atoms with van der Waals surface area (Å²) in [4.78, 5) is 23.0. The summed E-state index contributed by atoms with van der Waals surface area (Å²) >= 11 is 0. The number of methoxy groups -OCH3 is 1. The summed E-state index contributed by atoms with van der Waals surface area (Å²) in [6.45, 7) is 0. The molecule has 0 saturated heterocycles. The van der Waals surface area contributed by atoms with Crippen molar-refractivity contribution in [3.05, 3.63) is 29.8 Å². The largest absolute Gasteiger partial charge is 0.497 e. The summed E-state index contributed by atoms with van der Waals surface area (Å²) in [6.07, 6.45) is 4.48. The Labute approximate surface area is 107 Å². The van der Waals surface area contributed by atoms with Crippen molar-refractivity contribution in [2.75, 3.05) is 7.11 Å². The van der Waals surface area contributed by atoms with Gasteiger partial charge in [-0.25, -0.2) is 0 Å². The number of benzene rings is 1. The summed E-state index contributed by atoms with van der Waals surface area (Å²) in [5.74, 6) is 1.18. The molecular formula is C15H18O3. The molecule has 2 rings (SSSR count). The van der Waals surface area contributed by atoms with Crippen LogP contribution >= 0.6 is 0 Å². The van der Waals surface area contributed by atoms with Gasteiger partial charge in [0.05, 0.1) is 7.11 Å². The molecule has 3 heteroatoms. The first-order valence-corrected chi connectivity index (χ1v) is 6.37. The van der Waals surface area contributed by atoms with E-state index in [1.54, 1.807) is 31.4 Å². The molecule has 96 valence electrons. The number of Topliss-reactive ketones (excluding diaryl/α,β-unsaturated/α-hetero) is 1. The predicted octanol–water partition coefficient (Wildman–Crippen LogP) is 2.88. The minimum absolute atomic E-state index is 0.0761. The number of ether oxygens (including phenoxy) is 1. The van der Waals surface area contributed by atoms with Crippen molar-refractivity contribution >= 4 is 12.1 Å². The number of rotatable bonds is 5. The lowest BCUT2D eigenvalue weighted by Crippen LogP contribution is -2.14. The van der Waals surface area contributed by atoms with E-state index in [1.807, 2.05) is 0 Å². The highest BCUT2D eigenvalue weighted by molar-refractivity contribution is 5.96. The monoisotopic (exact) mass is 246 g/mol. The molecule has 0 heterocycles. The second kappa shape index (κ2) is 5.80. The van der Waals surface area contributed by atoms with Gasteiger partial charge in [0.1, 0.15) is 12.0 Å². The molecule has 0 radical (unpaired) electrons. The molecule has 0 unspecified atom stereocenters. The number of ketones is 1. The molecule has 1 aromatic carbocycles. The highest BCUT2D eigenvalue weighted by Gasteiger charge is 2.28. The van der Waals surface area contributed by atoms with Crippen LogP contribution in [0.4, 0.5) is 0 Å². The van der Waals surface area contributed by atoms with Crippen molar-refractivity contribution in [1.82, 2.24) is 0 Å². The third kappa shape index (κ3) is 2.78. The molecule has 0 aromatic heterocycles. The van der Waals surface area contributed by atoms with Crippen LogP contribution in [0.15, 0.2) is 24.3 Å². The number of carbonyl (C=O) groups is 2. The quantitative estimate of drug-likeness (QED) is 0.592. The fourth-order valence-corrected chi connectivity index (χ4v) is 2.63. The third-order valence-corrected chi connectivity index (χ3v) is 3.75. The van der Waals surface area contributed by atoms with Crippen LogP contribution in [0.1, 0.15) is 36.0 Å². The fraction of sp³-hybridized carbons (Fsp3) is 0.467. The average Bonchev–Trinajstić information content (AvgIpc) is 2.86. The van der Waals surface area contributed by atoms with E-state index in [0.717, 1.165) is 31.3 Å². The van der Waals surface area contributed by atoms with Crippen molar-refractivity contribution in [3.63, 3.8) is 0 Å². The van der Waals surface area contributed by atoms with Crippen LogP contribution in [-0.4, -0.2) is 19.2 Å². The number of aldehydes is 1. The summed E-state index contributed by atoms with van der Waals surface area (Å²) in [5.41, 5.74) is 0.701. The lowest BCUT2D eigenvalue weighted by atomic mass is 9.90. The highest BCUT2D eigenvalue weighted by atomic mass is 16.5. The molecular weight excluding hydrogens is 228 g/mol. The molecule has 2 atom stereocenters. The first-order chi connectivity index (χ1) is 8.74. The van der Waals surface area contributed by atoms with Gasteiger partial charge in [-0.1, -0.05) is 6.42 Å². The predicted molar refractivity (Wildman–Crippen MR) is 68.8 cm³/mol. The Morgan fingerprint density at radius 3 is 2.67 bits per heavy atom.